The van der Waals surface area contributed by atoms with Crippen molar-refractivity contribution in [3.8, 4) is 0 Å². The van der Waals surface area contributed by atoms with E-state index in [1.165, 1.54) is 0 Å². The standard InChI is InChI=1S/C14H21NOS/c1-14(2,3)11-4-5-13(16)10(6-11)7-12-8-17-9-15-12/h8-11H,4-7H2,1-3H3. The SMILES string of the molecule is CC(C)(C)C1CCC(=O)C(Cc2cscn2)C1. The van der Waals surface area contributed by atoms with Gasteiger partial charge in [0.2, 0.25) is 0 Å². The van der Waals surface area contributed by atoms with Crippen LogP contribution in [0.4, 0.5) is 0 Å². The highest BCUT2D eigenvalue weighted by molar-refractivity contribution is 7.07. The third-order valence-electron chi connectivity index (χ3n) is 3.93. The largest absolute Gasteiger partial charge is 0.299 e. The number of nitrogens with zero attached hydrogens (tertiary/aromatic N) is 1. The number of carbonyl (C=O) groups is 1. The fourth-order valence-electron chi connectivity index (χ4n) is 2.69. The van der Waals surface area contributed by atoms with Crippen molar-refractivity contribution in [2.45, 2.75) is 46.5 Å². The van der Waals surface area contributed by atoms with Gasteiger partial charge < -0.3 is 0 Å². The Hall–Kier alpha value is -0.700. The second-order valence-corrected chi connectivity index (χ2v) is 6.90. The van der Waals surface area contributed by atoms with E-state index >= 15 is 0 Å². The van der Waals surface area contributed by atoms with Gasteiger partial charge in [-0.25, -0.2) is 4.98 Å². The van der Waals surface area contributed by atoms with Gasteiger partial charge in [-0.1, -0.05) is 20.8 Å². The molecular formula is C14H21NOS. The second kappa shape index (κ2) is 4.89. The van der Waals surface area contributed by atoms with Crippen LogP contribution in [0, 0.1) is 17.3 Å². The number of hydrogen-bond acceptors (Lipinski definition) is 3. The fourth-order valence-corrected chi connectivity index (χ4v) is 3.26. The van der Waals surface area contributed by atoms with Crippen LogP contribution >= 0.6 is 11.3 Å². The average Bonchev–Trinajstić information content (AvgIpc) is 2.72. The molecule has 2 unspecified atom stereocenters. The highest BCUT2D eigenvalue weighted by Crippen LogP contribution is 2.39. The summed E-state index contributed by atoms with van der Waals surface area (Å²) in [6.45, 7) is 6.86. The van der Waals surface area contributed by atoms with Crippen LogP contribution in [0.25, 0.3) is 0 Å². The minimum atomic E-state index is 0.204. The molecule has 0 aromatic carbocycles. The van der Waals surface area contributed by atoms with Gasteiger partial charge in [-0.3, -0.25) is 4.79 Å². The van der Waals surface area contributed by atoms with Gasteiger partial charge in [-0.05, 0) is 24.2 Å². The van der Waals surface area contributed by atoms with Crippen LogP contribution in [0.15, 0.2) is 10.9 Å². The molecule has 2 nitrogen and oxygen atoms in total. The number of Topliss-reactive ketones (excluding diaryl/α,β-unsaturated/α-hetero) is 1. The number of thiazole rings is 1. The van der Waals surface area contributed by atoms with Crippen LogP contribution in [-0.4, -0.2) is 10.8 Å². The molecule has 17 heavy (non-hydrogen) atoms. The van der Waals surface area contributed by atoms with Gasteiger partial charge in [0, 0.05) is 24.1 Å². The Kier molecular flexibility index (Phi) is 3.67. The lowest BCUT2D eigenvalue weighted by atomic mass is 9.68. The summed E-state index contributed by atoms with van der Waals surface area (Å²) in [4.78, 5) is 16.3. The zero-order chi connectivity index (χ0) is 12.5. The van der Waals surface area contributed by atoms with Crippen molar-refractivity contribution < 1.29 is 4.79 Å². The molecule has 1 aliphatic carbocycles. The lowest BCUT2D eigenvalue weighted by Crippen LogP contribution is -2.33. The minimum Gasteiger partial charge on any atom is -0.299 e. The van der Waals surface area contributed by atoms with Crippen LogP contribution in [0.2, 0.25) is 0 Å². The number of hydrogen-bond donors (Lipinski definition) is 0. The monoisotopic (exact) mass is 251 g/mol. The number of rotatable bonds is 2. The van der Waals surface area contributed by atoms with E-state index in [-0.39, 0.29) is 5.92 Å². The lowest BCUT2D eigenvalue weighted by molar-refractivity contribution is -0.126. The Morgan fingerprint density at radius 3 is 2.82 bits per heavy atom. The van der Waals surface area contributed by atoms with Crippen LogP contribution in [0.5, 0.6) is 0 Å². The van der Waals surface area contributed by atoms with Crippen molar-refractivity contribution in [1.29, 1.82) is 0 Å². The zero-order valence-electron chi connectivity index (χ0n) is 10.9. The summed E-state index contributed by atoms with van der Waals surface area (Å²) < 4.78 is 0. The fraction of sp³-hybridized carbons (Fsp3) is 0.714. The third kappa shape index (κ3) is 3.15. The molecule has 0 spiro atoms. The van der Waals surface area contributed by atoms with Crippen LogP contribution in [-0.2, 0) is 11.2 Å². The first kappa shape index (κ1) is 12.7. The van der Waals surface area contributed by atoms with Crippen molar-refractivity contribution in [2.24, 2.45) is 17.3 Å². The second-order valence-electron chi connectivity index (χ2n) is 6.18. The van der Waals surface area contributed by atoms with E-state index in [4.69, 9.17) is 0 Å². The van der Waals surface area contributed by atoms with E-state index in [1.54, 1.807) is 11.3 Å². The van der Waals surface area contributed by atoms with E-state index in [0.717, 1.165) is 31.4 Å². The molecule has 0 saturated heterocycles. The average molecular weight is 251 g/mol. The Bertz CT molecular complexity index is 377. The molecule has 0 radical (unpaired) electrons. The van der Waals surface area contributed by atoms with E-state index in [9.17, 15) is 4.79 Å². The molecule has 2 rings (SSSR count). The molecule has 1 aromatic heterocycles. The summed E-state index contributed by atoms with van der Waals surface area (Å²) in [5.41, 5.74) is 3.26. The third-order valence-corrected chi connectivity index (χ3v) is 4.56. The van der Waals surface area contributed by atoms with E-state index in [1.807, 2.05) is 5.51 Å². The molecule has 1 aliphatic rings. The summed E-state index contributed by atoms with van der Waals surface area (Å²) in [6.07, 6.45) is 3.71. The summed E-state index contributed by atoms with van der Waals surface area (Å²) in [5, 5.41) is 2.06. The first-order valence-electron chi connectivity index (χ1n) is 6.36. The van der Waals surface area contributed by atoms with Crippen LogP contribution < -0.4 is 0 Å². The Morgan fingerprint density at radius 2 is 2.24 bits per heavy atom. The maximum absolute atomic E-state index is 12.0. The molecule has 1 fully saturated rings. The number of ketones is 1. The van der Waals surface area contributed by atoms with E-state index < -0.39 is 0 Å². The molecule has 0 aliphatic heterocycles. The highest BCUT2D eigenvalue weighted by atomic mass is 32.1. The molecule has 0 bridgehead atoms. The maximum Gasteiger partial charge on any atom is 0.136 e. The van der Waals surface area contributed by atoms with Crippen molar-refractivity contribution >= 4 is 17.1 Å². The highest BCUT2D eigenvalue weighted by Gasteiger charge is 2.34. The molecule has 1 saturated carbocycles. The number of aromatic nitrogens is 1. The van der Waals surface area contributed by atoms with Crippen molar-refractivity contribution in [1.82, 2.24) is 4.98 Å². The molecule has 94 valence electrons. The molecule has 1 aromatic rings. The lowest BCUT2D eigenvalue weighted by Gasteiger charge is -2.36. The first-order valence-corrected chi connectivity index (χ1v) is 7.31. The van der Waals surface area contributed by atoms with Gasteiger partial charge in [-0.2, -0.15) is 0 Å². The van der Waals surface area contributed by atoms with Gasteiger partial charge >= 0.3 is 0 Å². The molecule has 1 heterocycles. The van der Waals surface area contributed by atoms with Crippen molar-refractivity contribution in [3.63, 3.8) is 0 Å². The summed E-state index contributed by atoms with van der Waals surface area (Å²) >= 11 is 1.61. The van der Waals surface area contributed by atoms with Gasteiger partial charge in [0.1, 0.15) is 5.78 Å². The summed E-state index contributed by atoms with van der Waals surface area (Å²) in [6, 6.07) is 0. The van der Waals surface area contributed by atoms with Crippen LogP contribution in [0.3, 0.4) is 0 Å². The quantitative estimate of drug-likeness (QED) is 0.802. The zero-order valence-corrected chi connectivity index (χ0v) is 11.7. The van der Waals surface area contributed by atoms with Gasteiger partial charge in [-0.15, -0.1) is 11.3 Å². The Labute approximate surface area is 107 Å². The summed E-state index contributed by atoms with van der Waals surface area (Å²) in [7, 11) is 0. The number of carbonyl (C=O) groups excluding carboxylic acids is 1. The van der Waals surface area contributed by atoms with Crippen molar-refractivity contribution in [3.05, 3.63) is 16.6 Å². The molecular weight excluding hydrogens is 230 g/mol. The van der Waals surface area contributed by atoms with Gasteiger partial charge in [0.15, 0.2) is 0 Å². The molecule has 0 amide bonds. The van der Waals surface area contributed by atoms with Crippen molar-refractivity contribution in [2.75, 3.05) is 0 Å². The summed E-state index contributed by atoms with van der Waals surface area (Å²) in [5.74, 6) is 1.32. The van der Waals surface area contributed by atoms with Crippen LogP contribution in [0.1, 0.15) is 45.7 Å². The van der Waals surface area contributed by atoms with Gasteiger partial charge in [0.05, 0.1) is 11.2 Å². The smallest absolute Gasteiger partial charge is 0.136 e. The Morgan fingerprint density at radius 1 is 1.47 bits per heavy atom. The predicted octanol–water partition coefficient (Wildman–Crippen LogP) is 3.72. The maximum atomic E-state index is 12.0. The molecule has 3 heteroatoms. The Balaban J connectivity index is 2.03. The van der Waals surface area contributed by atoms with Gasteiger partial charge in [0.25, 0.3) is 0 Å². The van der Waals surface area contributed by atoms with E-state index in [2.05, 4.69) is 31.1 Å². The molecule has 2 atom stereocenters. The minimum absolute atomic E-state index is 0.204. The normalized spacial score (nSPS) is 26.2. The topological polar surface area (TPSA) is 30.0 Å². The van der Waals surface area contributed by atoms with E-state index in [0.29, 0.717) is 17.1 Å². The molecule has 0 N–H and O–H groups in total. The predicted molar refractivity (Wildman–Crippen MR) is 71.1 cm³/mol. The first-order chi connectivity index (χ1) is 7.97.